The molecule has 0 aliphatic heterocycles. The molecule has 0 aliphatic rings. The fourth-order valence-electron chi connectivity index (χ4n) is 2.40. The van der Waals surface area contributed by atoms with Crippen LogP contribution >= 0.6 is 11.3 Å². The lowest BCUT2D eigenvalue weighted by Gasteiger charge is -2.17. The summed E-state index contributed by atoms with van der Waals surface area (Å²) < 4.78 is 6.82. The second kappa shape index (κ2) is 8.30. The predicted octanol–water partition coefficient (Wildman–Crippen LogP) is 2.30. The molecule has 2 amide bonds. The zero-order chi connectivity index (χ0) is 18.4. The molecular formula is C18H18N4O3S. The average Bonchev–Trinajstić information content (AvgIpc) is 3.37. The molecule has 2 heterocycles. The molecule has 7 nitrogen and oxygen atoms in total. The number of hydrogen-bond acceptors (Lipinski definition) is 5. The highest BCUT2D eigenvalue weighted by Crippen LogP contribution is 2.22. The van der Waals surface area contributed by atoms with Gasteiger partial charge in [-0.25, -0.2) is 0 Å². The fraction of sp³-hybridized carbons (Fsp3) is 0.167. The molecule has 0 spiro atoms. The van der Waals surface area contributed by atoms with E-state index in [1.54, 1.807) is 53.6 Å². The Labute approximate surface area is 154 Å². The molecule has 1 atom stereocenters. The van der Waals surface area contributed by atoms with Gasteiger partial charge in [-0.1, -0.05) is 6.07 Å². The smallest absolute Gasteiger partial charge is 0.313 e. The van der Waals surface area contributed by atoms with Crippen LogP contribution in [0, 0.1) is 0 Å². The number of rotatable bonds is 6. The average molecular weight is 370 g/mol. The van der Waals surface area contributed by atoms with Gasteiger partial charge in [0.05, 0.1) is 7.11 Å². The van der Waals surface area contributed by atoms with Crippen LogP contribution in [0.15, 0.2) is 60.2 Å². The minimum Gasteiger partial charge on any atom is -0.497 e. The zero-order valence-corrected chi connectivity index (χ0v) is 14.9. The van der Waals surface area contributed by atoms with Crippen molar-refractivity contribution in [1.29, 1.82) is 0 Å². The number of carbonyl (C=O) groups is 2. The Morgan fingerprint density at radius 1 is 1.19 bits per heavy atom. The quantitative estimate of drug-likeness (QED) is 0.652. The van der Waals surface area contributed by atoms with E-state index in [0.29, 0.717) is 11.4 Å². The van der Waals surface area contributed by atoms with Gasteiger partial charge in [0.2, 0.25) is 0 Å². The Balaban J connectivity index is 1.60. The van der Waals surface area contributed by atoms with Crippen molar-refractivity contribution in [3.8, 4) is 5.75 Å². The molecule has 2 N–H and O–H groups in total. The van der Waals surface area contributed by atoms with E-state index in [4.69, 9.17) is 4.74 Å². The number of methoxy groups -OCH3 is 1. The molecule has 3 rings (SSSR count). The number of aromatic nitrogens is 2. The van der Waals surface area contributed by atoms with Crippen LogP contribution in [0.1, 0.15) is 10.9 Å². The molecular weight excluding hydrogens is 352 g/mol. The van der Waals surface area contributed by atoms with E-state index < -0.39 is 11.8 Å². The maximum atomic E-state index is 12.1. The molecule has 3 aromatic rings. The van der Waals surface area contributed by atoms with Gasteiger partial charge in [-0.2, -0.15) is 5.10 Å². The highest BCUT2D eigenvalue weighted by atomic mass is 32.1. The normalized spacial score (nSPS) is 11.6. The SMILES string of the molecule is COc1ccc(NC(=O)C(=O)NCC(c2cccs2)n2cccn2)cc1. The van der Waals surface area contributed by atoms with E-state index in [1.807, 2.05) is 29.8 Å². The van der Waals surface area contributed by atoms with Crippen molar-refractivity contribution < 1.29 is 14.3 Å². The first kappa shape index (κ1) is 17.7. The van der Waals surface area contributed by atoms with Crippen molar-refractivity contribution in [3.63, 3.8) is 0 Å². The Hall–Kier alpha value is -3.13. The molecule has 1 unspecified atom stereocenters. The molecule has 26 heavy (non-hydrogen) atoms. The van der Waals surface area contributed by atoms with Crippen LogP contribution in [-0.4, -0.2) is 35.2 Å². The molecule has 0 radical (unpaired) electrons. The first-order chi connectivity index (χ1) is 12.7. The van der Waals surface area contributed by atoms with Crippen molar-refractivity contribution in [3.05, 3.63) is 65.1 Å². The summed E-state index contributed by atoms with van der Waals surface area (Å²) in [4.78, 5) is 25.3. The van der Waals surface area contributed by atoms with Crippen molar-refractivity contribution in [2.45, 2.75) is 6.04 Å². The minimum absolute atomic E-state index is 0.164. The van der Waals surface area contributed by atoms with Gasteiger partial charge in [-0.15, -0.1) is 11.3 Å². The van der Waals surface area contributed by atoms with Crippen LogP contribution in [0.5, 0.6) is 5.75 Å². The molecule has 2 aromatic heterocycles. The number of anilines is 1. The molecule has 0 saturated heterocycles. The number of nitrogens with zero attached hydrogens (tertiary/aromatic N) is 2. The Morgan fingerprint density at radius 2 is 2.00 bits per heavy atom. The number of carbonyl (C=O) groups excluding carboxylic acids is 2. The molecule has 8 heteroatoms. The first-order valence-electron chi connectivity index (χ1n) is 7.93. The number of nitrogens with one attached hydrogen (secondary N) is 2. The summed E-state index contributed by atoms with van der Waals surface area (Å²) in [7, 11) is 1.56. The van der Waals surface area contributed by atoms with Crippen LogP contribution in [0.3, 0.4) is 0 Å². The van der Waals surface area contributed by atoms with Crippen molar-refractivity contribution in [2.75, 3.05) is 19.0 Å². The topological polar surface area (TPSA) is 85.2 Å². The van der Waals surface area contributed by atoms with E-state index >= 15 is 0 Å². The fourth-order valence-corrected chi connectivity index (χ4v) is 3.22. The summed E-state index contributed by atoms with van der Waals surface area (Å²) in [6.07, 6.45) is 3.51. The van der Waals surface area contributed by atoms with E-state index in [9.17, 15) is 9.59 Å². The molecule has 0 bridgehead atoms. The van der Waals surface area contributed by atoms with Crippen LogP contribution in [0.4, 0.5) is 5.69 Å². The van der Waals surface area contributed by atoms with Crippen LogP contribution in [0.25, 0.3) is 0 Å². The number of benzene rings is 1. The second-order valence-corrected chi connectivity index (χ2v) is 6.39. The van der Waals surface area contributed by atoms with Gasteiger partial charge in [-0.3, -0.25) is 14.3 Å². The molecule has 1 aromatic carbocycles. The lowest BCUT2D eigenvalue weighted by atomic mass is 10.2. The summed E-state index contributed by atoms with van der Waals surface area (Å²) in [5.41, 5.74) is 0.521. The molecule has 0 saturated carbocycles. The van der Waals surface area contributed by atoms with Gasteiger partial charge < -0.3 is 15.4 Å². The zero-order valence-electron chi connectivity index (χ0n) is 14.1. The van der Waals surface area contributed by atoms with Crippen molar-refractivity contribution in [1.82, 2.24) is 15.1 Å². The lowest BCUT2D eigenvalue weighted by Crippen LogP contribution is -2.38. The van der Waals surface area contributed by atoms with Crippen molar-refractivity contribution >= 4 is 28.8 Å². The van der Waals surface area contributed by atoms with E-state index in [1.165, 1.54) is 0 Å². The number of ether oxygens (including phenoxy) is 1. The third-order valence-electron chi connectivity index (χ3n) is 3.73. The van der Waals surface area contributed by atoms with Gasteiger partial charge in [0.25, 0.3) is 0 Å². The second-order valence-electron chi connectivity index (χ2n) is 5.41. The van der Waals surface area contributed by atoms with Gasteiger partial charge >= 0.3 is 11.8 Å². The maximum absolute atomic E-state index is 12.1. The third kappa shape index (κ3) is 4.28. The van der Waals surface area contributed by atoms with Gasteiger partial charge in [0, 0.05) is 29.5 Å². The number of amides is 2. The van der Waals surface area contributed by atoms with E-state index in [2.05, 4.69) is 15.7 Å². The minimum atomic E-state index is -0.722. The number of thiophene rings is 1. The van der Waals surface area contributed by atoms with E-state index in [-0.39, 0.29) is 12.6 Å². The van der Waals surface area contributed by atoms with Gasteiger partial charge in [0.1, 0.15) is 11.8 Å². The monoisotopic (exact) mass is 370 g/mol. The molecule has 134 valence electrons. The highest BCUT2D eigenvalue weighted by molar-refractivity contribution is 7.10. The highest BCUT2D eigenvalue weighted by Gasteiger charge is 2.19. The summed E-state index contributed by atoms with van der Waals surface area (Å²) in [6.45, 7) is 0.261. The summed E-state index contributed by atoms with van der Waals surface area (Å²) in [5.74, 6) is -0.749. The Kier molecular flexibility index (Phi) is 5.65. The third-order valence-corrected chi connectivity index (χ3v) is 4.70. The standard InChI is InChI=1S/C18H18N4O3S/c1-25-14-7-5-13(6-8-14)21-18(24)17(23)19-12-15(16-4-2-11-26-16)22-10-3-9-20-22/h2-11,15H,12H2,1H3,(H,19,23)(H,21,24). The van der Waals surface area contributed by atoms with Crippen LogP contribution < -0.4 is 15.4 Å². The predicted molar refractivity (Wildman–Crippen MR) is 99.3 cm³/mol. The van der Waals surface area contributed by atoms with Crippen LogP contribution in [0.2, 0.25) is 0 Å². The summed E-state index contributed by atoms with van der Waals surface area (Å²) >= 11 is 1.57. The molecule has 0 aliphatic carbocycles. The van der Waals surface area contributed by atoms with Gasteiger partial charge in [-0.05, 0) is 41.8 Å². The Bertz CT molecular complexity index is 811. The van der Waals surface area contributed by atoms with Gasteiger partial charge in [0.15, 0.2) is 0 Å². The summed E-state index contributed by atoms with van der Waals surface area (Å²) in [5, 5.41) is 11.4. The van der Waals surface area contributed by atoms with E-state index in [0.717, 1.165) is 4.88 Å². The Morgan fingerprint density at radius 3 is 2.62 bits per heavy atom. The largest absolute Gasteiger partial charge is 0.497 e. The summed E-state index contributed by atoms with van der Waals surface area (Å²) in [6, 6.07) is 12.3. The van der Waals surface area contributed by atoms with Crippen LogP contribution in [-0.2, 0) is 9.59 Å². The lowest BCUT2D eigenvalue weighted by molar-refractivity contribution is -0.136. The molecule has 0 fully saturated rings. The maximum Gasteiger partial charge on any atom is 0.313 e. The number of hydrogen-bond donors (Lipinski definition) is 2. The van der Waals surface area contributed by atoms with Crippen molar-refractivity contribution in [2.24, 2.45) is 0 Å². The first-order valence-corrected chi connectivity index (χ1v) is 8.81.